The molecule has 0 aliphatic rings. The van der Waals surface area contributed by atoms with Gasteiger partial charge >= 0.3 is 0 Å². The molecule has 6 nitrogen and oxygen atoms in total. The second-order valence-electron chi connectivity index (χ2n) is 6.79. The number of aromatic nitrogens is 4. The Hall–Kier alpha value is -4.55. The minimum Gasteiger partial charge on any atom is -0.274 e. The summed E-state index contributed by atoms with van der Waals surface area (Å²) in [6.45, 7) is 0. The van der Waals surface area contributed by atoms with Gasteiger partial charge in [-0.25, -0.2) is 15.0 Å². The van der Waals surface area contributed by atoms with Crippen LogP contribution in [-0.2, 0) is 0 Å². The summed E-state index contributed by atoms with van der Waals surface area (Å²) in [5.41, 5.74) is 3.61. The van der Waals surface area contributed by atoms with Crippen molar-refractivity contribution in [3.8, 4) is 12.1 Å². The summed E-state index contributed by atoms with van der Waals surface area (Å²) in [5.74, 6) is 0. The van der Waals surface area contributed by atoms with E-state index in [4.69, 9.17) is 4.98 Å². The van der Waals surface area contributed by atoms with E-state index in [1.165, 1.54) is 0 Å². The molecule has 3 aromatic heterocycles. The van der Waals surface area contributed by atoms with Crippen molar-refractivity contribution in [3.63, 3.8) is 0 Å². The first-order valence-corrected chi connectivity index (χ1v) is 9.03. The van der Waals surface area contributed by atoms with Crippen molar-refractivity contribution in [2.75, 3.05) is 0 Å². The predicted octanol–water partition coefficient (Wildman–Crippen LogP) is 4.48. The number of hydrogen-bond donors (Lipinski definition) is 0. The SMILES string of the molecule is N#Cc1nc2c3ccc4ccccc4c3c3nc4ccccc4n3c2nc1C#N. The molecule has 0 amide bonds. The first kappa shape index (κ1) is 15.5. The van der Waals surface area contributed by atoms with Gasteiger partial charge in [0.15, 0.2) is 17.0 Å². The summed E-state index contributed by atoms with van der Waals surface area (Å²) in [4.78, 5) is 14.0. The van der Waals surface area contributed by atoms with Crippen molar-refractivity contribution < 1.29 is 0 Å². The predicted molar refractivity (Wildman–Crippen MR) is 110 cm³/mol. The second-order valence-corrected chi connectivity index (χ2v) is 6.79. The van der Waals surface area contributed by atoms with Gasteiger partial charge in [-0.3, -0.25) is 4.40 Å². The quantitative estimate of drug-likeness (QED) is 0.368. The summed E-state index contributed by atoms with van der Waals surface area (Å²) in [6, 6.07) is 23.9. The third kappa shape index (κ3) is 1.95. The lowest BCUT2D eigenvalue weighted by Crippen LogP contribution is -2.02. The number of nitriles is 2. The van der Waals surface area contributed by atoms with Crippen LogP contribution >= 0.6 is 0 Å². The number of para-hydroxylation sites is 2. The Morgan fingerprint density at radius 2 is 1.45 bits per heavy atom. The molecule has 0 spiro atoms. The highest BCUT2D eigenvalue weighted by Crippen LogP contribution is 2.35. The van der Waals surface area contributed by atoms with Crippen LogP contribution in [-0.4, -0.2) is 19.4 Å². The van der Waals surface area contributed by atoms with Gasteiger partial charge in [-0.2, -0.15) is 10.5 Å². The number of nitrogens with zero attached hydrogens (tertiary/aromatic N) is 6. The van der Waals surface area contributed by atoms with Crippen LogP contribution in [0.25, 0.3) is 49.4 Å². The number of pyridine rings is 1. The van der Waals surface area contributed by atoms with E-state index < -0.39 is 0 Å². The van der Waals surface area contributed by atoms with E-state index in [2.05, 4.69) is 22.1 Å². The zero-order valence-electron chi connectivity index (χ0n) is 15.0. The summed E-state index contributed by atoms with van der Waals surface area (Å²) < 4.78 is 1.94. The lowest BCUT2D eigenvalue weighted by atomic mass is 10.0. The molecule has 0 atom stereocenters. The minimum atomic E-state index is 0.0132. The van der Waals surface area contributed by atoms with Crippen molar-refractivity contribution in [1.82, 2.24) is 19.4 Å². The Balaban J connectivity index is 2.04. The van der Waals surface area contributed by atoms with Crippen LogP contribution in [0.4, 0.5) is 0 Å². The smallest absolute Gasteiger partial charge is 0.179 e. The Bertz CT molecular complexity index is 1730. The fourth-order valence-corrected chi connectivity index (χ4v) is 4.04. The molecule has 0 saturated heterocycles. The van der Waals surface area contributed by atoms with E-state index in [1.54, 1.807) is 0 Å². The summed E-state index contributed by atoms with van der Waals surface area (Å²) in [7, 11) is 0. The molecular formula is C23H10N6. The van der Waals surface area contributed by atoms with Gasteiger partial charge < -0.3 is 0 Å². The highest BCUT2D eigenvalue weighted by atomic mass is 15.1. The number of imidazole rings is 1. The normalized spacial score (nSPS) is 11.4. The maximum absolute atomic E-state index is 9.48. The van der Waals surface area contributed by atoms with Crippen LogP contribution in [0.1, 0.15) is 11.4 Å². The van der Waals surface area contributed by atoms with Gasteiger partial charge in [0.1, 0.15) is 23.3 Å². The lowest BCUT2D eigenvalue weighted by Gasteiger charge is -2.10. The zero-order chi connectivity index (χ0) is 19.5. The molecule has 0 fully saturated rings. The average molecular weight is 370 g/mol. The summed E-state index contributed by atoms with van der Waals surface area (Å²) >= 11 is 0. The average Bonchev–Trinajstić information content (AvgIpc) is 3.17. The molecule has 6 aromatic rings. The molecule has 29 heavy (non-hydrogen) atoms. The minimum absolute atomic E-state index is 0.0132. The van der Waals surface area contributed by atoms with Crippen molar-refractivity contribution in [2.45, 2.75) is 0 Å². The highest BCUT2D eigenvalue weighted by molar-refractivity contribution is 6.21. The fourth-order valence-electron chi connectivity index (χ4n) is 4.04. The van der Waals surface area contributed by atoms with Gasteiger partial charge in [0.25, 0.3) is 0 Å². The topological polar surface area (TPSA) is 90.7 Å². The molecule has 3 aromatic carbocycles. The van der Waals surface area contributed by atoms with E-state index in [0.717, 1.165) is 38.2 Å². The number of fused-ring (bicyclic) bond motifs is 10. The molecule has 0 radical (unpaired) electrons. The highest BCUT2D eigenvalue weighted by Gasteiger charge is 2.19. The van der Waals surface area contributed by atoms with Crippen molar-refractivity contribution in [3.05, 3.63) is 72.1 Å². The molecular weight excluding hydrogens is 360 g/mol. The van der Waals surface area contributed by atoms with Gasteiger partial charge in [0, 0.05) is 10.8 Å². The van der Waals surface area contributed by atoms with E-state index in [9.17, 15) is 10.5 Å². The Kier molecular flexibility index (Phi) is 2.93. The van der Waals surface area contributed by atoms with Crippen LogP contribution in [0.5, 0.6) is 0 Å². The van der Waals surface area contributed by atoms with E-state index in [-0.39, 0.29) is 11.4 Å². The maximum Gasteiger partial charge on any atom is 0.179 e. The molecule has 3 heterocycles. The van der Waals surface area contributed by atoms with Crippen LogP contribution < -0.4 is 0 Å². The van der Waals surface area contributed by atoms with Gasteiger partial charge in [0.05, 0.1) is 11.0 Å². The molecule has 6 heteroatoms. The van der Waals surface area contributed by atoms with Crippen LogP contribution in [0.2, 0.25) is 0 Å². The molecule has 132 valence electrons. The van der Waals surface area contributed by atoms with Gasteiger partial charge in [-0.1, -0.05) is 48.5 Å². The molecule has 0 aliphatic carbocycles. The summed E-state index contributed by atoms with van der Waals surface area (Å²) in [6.07, 6.45) is 0. The maximum atomic E-state index is 9.48. The monoisotopic (exact) mass is 370 g/mol. The molecule has 0 aliphatic heterocycles. The van der Waals surface area contributed by atoms with E-state index in [1.807, 2.05) is 65.1 Å². The molecule has 0 saturated carbocycles. The van der Waals surface area contributed by atoms with Crippen molar-refractivity contribution in [2.24, 2.45) is 0 Å². The van der Waals surface area contributed by atoms with E-state index in [0.29, 0.717) is 11.2 Å². The Labute approximate surface area is 163 Å². The van der Waals surface area contributed by atoms with Crippen molar-refractivity contribution >= 4 is 49.4 Å². The third-order valence-corrected chi connectivity index (χ3v) is 5.27. The van der Waals surface area contributed by atoms with E-state index >= 15 is 0 Å². The lowest BCUT2D eigenvalue weighted by molar-refractivity contribution is 1.15. The standard InChI is InChI=1S/C23H10N6/c24-11-17-18(12-25)28-23-21(26-17)15-10-9-13-5-1-2-6-14(13)20(15)22-27-16-7-3-4-8-19(16)29(22)23/h1-10H. The molecule has 6 rings (SSSR count). The first-order valence-electron chi connectivity index (χ1n) is 9.03. The molecule has 0 bridgehead atoms. The fraction of sp³-hybridized carbons (Fsp3) is 0. The number of rotatable bonds is 0. The van der Waals surface area contributed by atoms with Gasteiger partial charge in [-0.05, 0) is 22.9 Å². The number of benzene rings is 3. The summed E-state index contributed by atoms with van der Waals surface area (Å²) in [5, 5.41) is 22.9. The second kappa shape index (κ2) is 5.48. The molecule has 0 N–H and O–H groups in total. The Morgan fingerprint density at radius 1 is 0.690 bits per heavy atom. The van der Waals surface area contributed by atoms with Gasteiger partial charge in [0.2, 0.25) is 0 Å². The largest absolute Gasteiger partial charge is 0.274 e. The van der Waals surface area contributed by atoms with Crippen LogP contribution in [0, 0.1) is 22.7 Å². The van der Waals surface area contributed by atoms with Gasteiger partial charge in [-0.15, -0.1) is 0 Å². The number of hydrogen-bond acceptors (Lipinski definition) is 5. The van der Waals surface area contributed by atoms with Crippen LogP contribution in [0.15, 0.2) is 60.7 Å². The van der Waals surface area contributed by atoms with Crippen LogP contribution in [0.3, 0.4) is 0 Å². The Morgan fingerprint density at radius 3 is 2.31 bits per heavy atom. The van der Waals surface area contributed by atoms with Crippen molar-refractivity contribution in [1.29, 1.82) is 10.5 Å². The zero-order valence-corrected chi connectivity index (χ0v) is 15.0. The molecule has 0 unspecified atom stereocenters. The first-order chi connectivity index (χ1) is 14.3. The third-order valence-electron chi connectivity index (χ3n) is 5.27.